The number of carbonyl (C=O) groups excluding carboxylic acids is 2. The van der Waals surface area contributed by atoms with E-state index >= 15 is 0 Å². The fraction of sp³-hybridized carbons (Fsp3) is 0.429. The summed E-state index contributed by atoms with van der Waals surface area (Å²) in [6.07, 6.45) is 0. The Bertz CT molecular complexity index is 465. The van der Waals surface area contributed by atoms with Gasteiger partial charge in [-0.2, -0.15) is 12.6 Å². The highest BCUT2D eigenvalue weighted by Crippen LogP contribution is 2.11. The first-order valence-electron chi connectivity index (χ1n) is 6.36. The van der Waals surface area contributed by atoms with Crippen LogP contribution in [0.4, 0.5) is 0 Å². The lowest BCUT2D eigenvalue weighted by Gasteiger charge is -2.34. The van der Waals surface area contributed by atoms with E-state index < -0.39 is 0 Å². The number of piperazine rings is 1. The van der Waals surface area contributed by atoms with Crippen molar-refractivity contribution >= 4 is 24.4 Å². The van der Waals surface area contributed by atoms with E-state index in [2.05, 4.69) is 12.6 Å². The number of benzene rings is 1. The first-order valence-corrected chi connectivity index (χ1v) is 6.99. The number of hydrogen-bond donors (Lipinski definition) is 1. The van der Waals surface area contributed by atoms with Crippen LogP contribution >= 0.6 is 12.6 Å². The number of nitrogens with zero attached hydrogens (tertiary/aromatic N) is 2. The normalized spacial score (nSPS) is 15.5. The molecule has 0 radical (unpaired) electrons. The summed E-state index contributed by atoms with van der Waals surface area (Å²) >= 11 is 4.19. The van der Waals surface area contributed by atoms with E-state index in [9.17, 15) is 9.59 Å². The van der Waals surface area contributed by atoms with Gasteiger partial charge in [-0.15, -0.1) is 0 Å². The summed E-state index contributed by atoms with van der Waals surface area (Å²) in [5.41, 5.74) is 1.79. The quantitative estimate of drug-likeness (QED) is 0.831. The molecule has 1 saturated heterocycles. The van der Waals surface area contributed by atoms with Crippen LogP contribution in [0.25, 0.3) is 0 Å². The average molecular weight is 278 g/mol. The lowest BCUT2D eigenvalue weighted by Crippen LogP contribution is -2.50. The zero-order valence-electron chi connectivity index (χ0n) is 11.0. The fourth-order valence-corrected chi connectivity index (χ4v) is 2.37. The third-order valence-electron chi connectivity index (χ3n) is 3.40. The molecule has 0 aromatic heterocycles. The Morgan fingerprint density at radius 2 is 1.58 bits per heavy atom. The van der Waals surface area contributed by atoms with Crippen molar-refractivity contribution < 1.29 is 9.59 Å². The maximum Gasteiger partial charge on any atom is 0.253 e. The summed E-state index contributed by atoms with van der Waals surface area (Å²) < 4.78 is 0. The van der Waals surface area contributed by atoms with E-state index in [-0.39, 0.29) is 11.8 Å². The monoisotopic (exact) mass is 278 g/mol. The molecular formula is C14H18N2O2S. The molecular weight excluding hydrogens is 260 g/mol. The summed E-state index contributed by atoms with van der Waals surface area (Å²) in [7, 11) is 0. The van der Waals surface area contributed by atoms with Gasteiger partial charge in [0.25, 0.3) is 5.91 Å². The maximum atomic E-state index is 12.3. The third kappa shape index (κ3) is 3.29. The van der Waals surface area contributed by atoms with Crippen molar-refractivity contribution in [1.29, 1.82) is 0 Å². The van der Waals surface area contributed by atoms with Gasteiger partial charge in [0.2, 0.25) is 5.91 Å². The molecule has 0 bridgehead atoms. The fourth-order valence-electron chi connectivity index (χ4n) is 2.16. The van der Waals surface area contributed by atoms with Crippen molar-refractivity contribution in [3.63, 3.8) is 0 Å². The molecule has 1 aromatic carbocycles. The molecule has 1 fully saturated rings. The van der Waals surface area contributed by atoms with Crippen molar-refractivity contribution in [2.24, 2.45) is 0 Å². The Morgan fingerprint density at radius 3 is 2.05 bits per heavy atom. The minimum absolute atomic E-state index is 0.0360. The van der Waals surface area contributed by atoms with Crippen molar-refractivity contribution in [3.05, 3.63) is 35.4 Å². The van der Waals surface area contributed by atoms with Crippen molar-refractivity contribution in [3.8, 4) is 0 Å². The van der Waals surface area contributed by atoms with Gasteiger partial charge in [0.05, 0.1) is 0 Å². The highest BCUT2D eigenvalue weighted by atomic mass is 32.1. The van der Waals surface area contributed by atoms with Crippen LogP contribution in [0.3, 0.4) is 0 Å². The van der Waals surface area contributed by atoms with Gasteiger partial charge >= 0.3 is 0 Å². The van der Waals surface area contributed by atoms with Gasteiger partial charge < -0.3 is 9.80 Å². The minimum Gasteiger partial charge on any atom is -0.339 e. The molecule has 1 aromatic rings. The molecule has 0 unspecified atom stereocenters. The number of rotatable bonds is 2. The van der Waals surface area contributed by atoms with E-state index in [1.807, 2.05) is 24.3 Å². The molecule has 0 atom stereocenters. The summed E-state index contributed by atoms with van der Waals surface area (Å²) in [6, 6.07) is 7.52. The molecule has 1 aliphatic rings. The molecule has 19 heavy (non-hydrogen) atoms. The van der Waals surface area contributed by atoms with E-state index in [4.69, 9.17) is 0 Å². The third-order valence-corrected chi connectivity index (χ3v) is 3.76. The van der Waals surface area contributed by atoms with E-state index in [1.165, 1.54) is 0 Å². The zero-order valence-corrected chi connectivity index (χ0v) is 11.9. The second-order valence-electron chi connectivity index (χ2n) is 4.65. The van der Waals surface area contributed by atoms with Crippen LogP contribution in [0.5, 0.6) is 0 Å². The predicted octanol–water partition coefficient (Wildman–Crippen LogP) is 1.42. The summed E-state index contributed by atoms with van der Waals surface area (Å²) in [4.78, 5) is 27.1. The van der Waals surface area contributed by atoms with Crippen LogP contribution in [0.15, 0.2) is 24.3 Å². The Hall–Kier alpha value is -1.49. The average Bonchev–Trinajstić information content (AvgIpc) is 2.46. The lowest BCUT2D eigenvalue weighted by molar-refractivity contribution is -0.130. The Morgan fingerprint density at radius 1 is 1.05 bits per heavy atom. The summed E-state index contributed by atoms with van der Waals surface area (Å²) in [5.74, 6) is 0.783. The molecule has 2 rings (SSSR count). The van der Waals surface area contributed by atoms with Gasteiger partial charge in [-0.25, -0.2) is 0 Å². The molecule has 0 spiro atoms. The molecule has 2 amide bonds. The molecule has 4 nitrogen and oxygen atoms in total. The van der Waals surface area contributed by atoms with Crippen molar-refractivity contribution in [2.45, 2.75) is 12.7 Å². The van der Waals surface area contributed by atoms with Gasteiger partial charge in [-0.05, 0) is 17.7 Å². The van der Waals surface area contributed by atoms with Crippen LogP contribution in [-0.4, -0.2) is 47.8 Å². The second-order valence-corrected chi connectivity index (χ2v) is 4.97. The number of amides is 2. The Kier molecular flexibility index (Phi) is 4.47. The number of hydrogen-bond acceptors (Lipinski definition) is 3. The Labute approximate surface area is 118 Å². The Balaban J connectivity index is 1.98. The highest BCUT2D eigenvalue weighted by Gasteiger charge is 2.22. The number of carbonyl (C=O) groups is 2. The van der Waals surface area contributed by atoms with Gasteiger partial charge in [0, 0.05) is 44.4 Å². The van der Waals surface area contributed by atoms with Crippen LogP contribution in [-0.2, 0) is 10.5 Å². The summed E-state index contributed by atoms with van der Waals surface area (Å²) in [6.45, 7) is 4.01. The first-order chi connectivity index (χ1) is 9.11. The molecule has 1 aliphatic heterocycles. The van der Waals surface area contributed by atoms with E-state index in [0.29, 0.717) is 37.5 Å². The van der Waals surface area contributed by atoms with E-state index in [0.717, 1.165) is 5.56 Å². The molecule has 0 aliphatic carbocycles. The van der Waals surface area contributed by atoms with Crippen LogP contribution in [0, 0.1) is 0 Å². The van der Waals surface area contributed by atoms with Gasteiger partial charge in [0.1, 0.15) is 0 Å². The SMILES string of the molecule is CC(=O)N1CCN(C(=O)c2ccc(CS)cc2)CC1. The molecule has 0 saturated carbocycles. The largest absolute Gasteiger partial charge is 0.339 e. The van der Waals surface area contributed by atoms with Gasteiger partial charge in [-0.3, -0.25) is 9.59 Å². The lowest BCUT2D eigenvalue weighted by atomic mass is 10.1. The topological polar surface area (TPSA) is 40.6 Å². The second kappa shape index (κ2) is 6.10. The standard InChI is InChI=1S/C14H18N2O2S/c1-11(17)15-6-8-16(9-7-15)14(18)13-4-2-12(10-19)3-5-13/h2-5,19H,6-10H2,1H3. The van der Waals surface area contributed by atoms with Crippen LogP contribution in [0.2, 0.25) is 0 Å². The first kappa shape index (κ1) is 13.9. The molecule has 0 N–H and O–H groups in total. The highest BCUT2D eigenvalue weighted by molar-refractivity contribution is 7.79. The van der Waals surface area contributed by atoms with Crippen LogP contribution in [0.1, 0.15) is 22.8 Å². The van der Waals surface area contributed by atoms with Crippen molar-refractivity contribution in [2.75, 3.05) is 26.2 Å². The molecule has 102 valence electrons. The minimum atomic E-state index is 0.0360. The van der Waals surface area contributed by atoms with Gasteiger partial charge in [0.15, 0.2) is 0 Å². The number of thiol groups is 1. The van der Waals surface area contributed by atoms with Gasteiger partial charge in [-0.1, -0.05) is 12.1 Å². The van der Waals surface area contributed by atoms with Crippen LogP contribution < -0.4 is 0 Å². The predicted molar refractivity (Wildman–Crippen MR) is 77.3 cm³/mol. The van der Waals surface area contributed by atoms with Crippen molar-refractivity contribution in [1.82, 2.24) is 9.80 Å². The maximum absolute atomic E-state index is 12.3. The van der Waals surface area contributed by atoms with E-state index in [1.54, 1.807) is 16.7 Å². The summed E-state index contributed by atoms with van der Waals surface area (Å²) in [5, 5.41) is 0. The smallest absolute Gasteiger partial charge is 0.253 e. The molecule has 5 heteroatoms. The molecule has 1 heterocycles. The zero-order chi connectivity index (χ0) is 13.8.